The number of allylic oxidation sites excluding steroid dienone is 1. The SMILES string of the molecule is CCCOc1ccccc1C1C(C(=O)Nc2cccc(C)c2)=C(C)Nc2nc(SCCC)nn21. The maximum atomic E-state index is 13.7. The van der Waals surface area contributed by atoms with Gasteiger partial charge < -0.3 is 15.4 Å². The Labute approximate surface area is 205 Å². The van der Waals surface area contributed by atoms with Gasteiger partial charge in [0.15, 0.2) is 0 Å². The predicted molar refractivity (Wildman–Crippen MR) is 138 cm³/mol. The van der Waals surface area contributed by atoms with Crippen LogP contribution in [0.1, 0.15) is 50.8 Å². The zero-order chi connectivity index (χ0) is 24.1. The lowest BCUT2D eigenvalue weighted by molar-refractivity contribution is -0.113. The average molecular weight is 478 g/mol. The van der Waals surface area contributed by atoms with E-state index in [0.717, 1.165) is 46.9 Å². The van der Waals surface area contributed by atoms with Gasteiger partial charge in [-0.25, -0.2) is 4.68 Å². The predicted octanol–water partition coefficient (Wildman–Crippen LogP) is 5.81. The monoisotopic (exact) mass is 477 g/mol. The first-order valence-electron chi connectivity index (χ1n) is 11.7. The second kappa shape index (κ2) is 10.8. The summed E-state index contributed by atoms with van der Waals surface area (Å²) in [5.41, 5.74) is 4.04. The Balaban J connectivity index is 1.79. The third-order valence-corrected chi connectivity index (χ3v) is 6.51. The second-order valence-electron chi connectivity index (χ2n) is 8.29. The highest BCUT2D eigenvalue weighted by atomic mass is 32.2. The summed E-state index contributed by atoms with van der Waals surface area (Å²) in [5, 5.41) is 11.9. The van der Waals surface area contributed by atoms with Gasteiger partial charge in [0.25, 0.3) is 5.91 Å². The molecule has 8 heteroatoms. The maximum absolute atomic E-state index is 13.7. The molecule has 2 N–H and O–H groups in total. The highest BCUT2D eigenvalue weighted by Gasteiger charge is 2.36. The highest BCUT2D eigenvalue weighted by molar-refractivity contribution is 7.99. The number of ether oxygens (including phenoxy) is 1. The Morgan fingerprint density at radius 2 is 1.97 bits per heavy atom. The topological polar surface area (TPSA) is 81.1 Å². The molecular formula is C26H31N5O2S. The van der Waals surface area contributed by atoms with Crippen molar-refractivity contribution in [3.05, 3.63) is 70.9 Å². The van der Waals surface area contributed by atoms with Crippen molar-refractivity contribution in [3.63, 3.8) is 0 Å². The molecular weight excluding hydrogens is 446 g/mol. The number of para-hydroxylation sites is 1. The Bertz CT molecular complexity index is 1200. The third kappa shape index (κ3) is 5.12. The molecule has 0 saturated carbocycles. The molecule has 1 unspecified atom stereocenters. The quantitative estimate of drug-likeness (QED) is 0.379. The van der Waals surface area contributed by atoms with Crippen LogP contribution >= 0.6 is 11.8 Å². The molecule has 34 heavy (non-hydrogen) atoms. The number of carbonyl (C=O) groups excluding carboxylic acids is 1. The Morgan fingerprint density at radius 3 is 2.74 bits per heavy atom. The number of benzene rings is 2. The molecule has 0 fully saturated rings. The molecule has 178 valence electrons. The van der Waals surface area contributed by atoms with Crippen LogP contribution in [0.3, 0.4) is 0 Å². The van der Waals surface area contributed by atoms with Crippen LogP contribution in [0.4, 0.5) is 11.6 Å². The first-order valence-corrected chi connectivity index (χ1v) is 12.7. The van der Waals surface area contributed by atoms with Crippen LogP contribution < -0.4 is 15.4 Å². The molecule has 0 bridgehead atoms. The van der Waals surface area contributed by atoms with Gasteiger partial charge in [0.1, 0.15) is 11.8 Å². The van der Waals surface area contributed by atoms with Gasteiger partial charge in [-0.1, -0.05) is 55.9 Å². The minimum atomic E-state index is -0.474. The lowest BCUT2D eigenvalue weighted by Gasteiger charge is -2.29. The van der Waals surface area contributed by atoms with Crippen LogP contribution in [0.5, 0.6) is 5.75 Å². The average Bonchev–Trinajstić information content (AvgIpc) is 3.23. The lowest BCUT2D eigenvalue weighted by atomic mass is 9.94. The van der Waals surface area contributed by atoms with Gasteiger partial charge in [0.05, 0.1) is 12.2 Å². The van der Waals surface area contributed by atoms with E-state index in [1.165, 1.54) is 0 Å². The minimum Gasteiger partial charge on any atom is -0.493 e. The van der Waals surface area contributed by atoms with Crippen LogP contribution in [0.2, 0.25) is 0 Å². The van der Waals surface area contributed by atoms with Crippen molar-refractivity contribution in [1.82, 2.24) is 14.8 Å². The zero-order valence-corrected chi connectivity index (χ0v) is 20.9. The van der Waals surface area contributed by atoms with Crippen LogP contribution in [0.15, 0.2) is 65.0 Å². The van der Waals surface area contributed by atoms with Crippen molar-refractivity contribution in [2.75, 3.05) is 23.0 Å². The number of rotatable bonds is 9. The van der Waals surface area contributed by atoms with Gasteiger partial charge in [-0.3, -0.25) is 4.79 Å². The first kappa shape index (κ1) is 23.9. The number of fused-ring (bicyclic) bond motifs is 1. The Kier molecular flexibility index (Phi) is 7.57. The van der Waals surface area contributed by atoms with E-state index >= 15 is 0 Å². The van der Waals surface area contributed by atoms with E-state index in [9.17, 15) is 4.79 Å². The van der Waals surface area contributed by atoms with Crippen LogP contribution in [-0.4, -0.2) is 33.0 Å². The Hall–Kier alpha value is -3.26. The van der Waals surface area contributed by atoms with Gasteiger partial charge >= 0.3 is 0 Å². The molecule has 1 aliphatic heterocycles. The van der Waals surface area contributed by atoms with E-state index in [0.29, 0.717) is 23.3 Å². The van der Waals surface area contributed by atoms with Crippen molar-refractivity contribution in [2.24, 2.45) is 0 Å². The van der Waals surface area contributed by atoms with Crippen LogP contribution in [0, 0.1) is 6.92 Å². The number of nitrogens with one attached hydrogen (secondary N) is 2. The van der Waals surface area contributed by atoms with Crippen molar-refractivity contribution < 1.29 is 9.53 Å². The molecule has 1 aromatic heterocycles. The summed E-state index contributed by atoms with van der Waals surface area (Å²) in [4.78, 5) is 18.4. The van der Waals surface area contributed by atoms with E-state index in [4.69, 9.17) is 14.8 Å². The van der Waals surface area contributed by atoms with Gasteiger partial charge in [-0.05, 0) is 50.5 Å². The second-order valence-corrected chi connectivity index (χ2v) is 9.35. The third-order valence-electron chi connectivity index (χ3n) is 5.46. The van der Waals surface area contributed by atoms with E-state index < -0.39 is 6.04 Å². The number of amides is 1. The summed E-state index contributed by atoms with van der Waals surface area (Å²) in [5.74, 6) is 2.11. The van der Waals surface area contributed by atoms with E-state index in [-0.39, 0.29) is 5.91 Å². The summed E-state index contributed by atoms with van der Waals surface area (Å²) < 4.78 is 7.89. The minimum absolute atomic E-state index is 0.185. The molecule has 3 aromatic rings. The fourth-order valence-corrected chi connectivity index (χ4v) is 4.62. The van der Waals surface area contributed by atoms with E-state index in [1.807, 2.05) is 67.1 Å². The van der Waals surface area contributed by atoms with Gasteiger partial charge in [0, 0.05) is 22.7 Å². The van der Waals surface area contributed by atoms with Gasteiger partial charge in [-0.2, -0.15) is 4.98 Å². The molecule has 0 spiro atoms. The number of hydrogen-bond acceptors (Lipinski definition) is 6. The zero-order valence-electron chi connectivity index (χ0n) is 20.1. The summed E-state index contributed by atoms with van der Waals surface area (Å²) in [7, 11) is 0. The molecule has 0 radical (unpaired) electrons. The molecule has 1 amide bonds. The fourth-order valence-electron chi connectivity index (χ4n) is 3.94. The number of aryl methyl sites for hydroxylation is 1. The number of anilines is 2. The van der Waals surface area contributed by atoms with Crippen LogP contribution in [0.25, 0.3) is 0 Å². The van der Waals surface area contributed by atoms with Crippen molar-refractivity contribution in [2.45, 2.75) is 51.7 Å². The van der Waals surface area contributed by atoms with Crippen molar-refractivity contribution in [1.29, 1.82) is 0 Å². The first-order chi connectivity index (χ1) is 16.5. The number of carbonyl (C=O) groups is 1. The number of aromatic nitrogens is 3. The molecule has 1 aliphatic rings. The number of hydrogen-bond donors (Lipinski definition) is 2. The maximum Gasteiger partial charge on any atom is 0.255 e. The molecule has 2 aromatic carbocycles. The molecule has 7 nitrogen and oxygen atoms in total. The smallest absolute Gasteiger partial charge is 0.255 e. The van der Waals surface area contributed by atoms with Crippen molar-refractivity contribution >= 4 is 29.3 Å². The molecule has 0 aliphatic carbocycles. The lowest BCUT2D eigenvalue weighted by Crippen LogP contribution is -2.31. The fraction of sp³-hybridized carbons (Fsp3) is 0.346. The molecule has 4 rings (SSSR count). The number of nitrogens with zero attached hydrogens (tertiary/aromatic N) is 3. The van der Waals surface area contributed by atoms with Crippen LogP contribution in [-0.2, 0) is 4.79 Å². The summed E-state index contributed by atoms with van der Waals surface area (Å²) in [6, 6.07) is 15.2. The normalized spacial score (nSPS) is 15.0. The highest BCUT2D eigenvalue weighted by Crippen LogP contribution is 2.40. The Morgan fingerprint density at radius 1 is 1.15 bits per heavy atom. The molecule has 0 saturated heterocycles. The van der Waals surface area contributed by atoms with E-state index in [2.05, 4.69) is 24.5 Å². The summed E-state index contributed by atoms with van der Waals surface area (Å²) >= 11 is 1.61. The van der Waals surface area contributed by atoms with Crippen molar-refractivity contribution in [3.8, 4) is 5.75 Å². The standard InChI is InChI=1S/C26H31N5O2S/c1-5-14-33-21-13-8-7-12-20(21)23-22(24(32)28-19-11-9-10-17(3)16-19)18(4)27-25-29-26(30-31(23)25)34-15-6-2/h7-13,16,23H,5-6,14-15H2,1-4H3,(H,28,32)(H,27,29,30). The van der Waals surface area contributed by atoms with Gasteiger partial charge in [-0.15, -0.1) is 5.10 Å². The largest absolute Gasteiger partial charge is 0.493 e. The molecule has 1 atom stereocenters. The van der Waals surface area contributed by atoms with E-state index in [1.54, 1.807) is 11.8 Å². The summed E-state index contributed by atoms with van der Waals surface area (Å²) in [6.07, 6.45) is 1.92. The number of thioether (sulfide) groups is 1. The molecule has 2 heterocycles. The summed E-state index contributed by atoms with van der Waals surface area (Å²) in [6.45, 7) is 8.71. The van der Waals surface area contributed by atoms with Gasteiger partial charge in [0.2, 0.25) is 11.1 Å².